The largest absolute Gasteiger partial charge is 0.465 e. The maximum absolute atomic E-state index is 12.4. The Bertz CT molecular complexity index is 735. The smallest absolute Gasteiger partial charge is 0.354 e. The average Bonchev–Trinajstić information content (AvgIpc) is 3.05. The summed E-state index contributed by atoms with van der Waals surface area (Å²) in [7, 11) is 0. The van der Waals surface area contributed by atoms with E-state index in [4.69, 9.17) is 20.8 Å². The summed E-state index contributed by atoms with van der Waals surface area (Å²) in [6.45, 7) is 4.09. The molecule has 0 spiro atoms. The SMILES string of the molecule is CC(C)COC(=O)/C(=C/c1ccco1)NC(=O)c1ccccc1Cl. The number of halogens is 1. The lowest BCUT2D eigenvalue weighted by Crippen LogP contribution is -2.29. The first-order chi connectivity index (χ1) is 11.5. The molecule has 1 aromatic heterocycles. The molecule has 0 saturated carbocycles. The molecule has 1 heterocycles. The summed E-state index contributed by atoms with van der Waals surface area (Å²) in [6.07, 6.45) is 2.89. The van der Waals surface area contributed by atoms with Crippen LogP contribution in [0.4, 0.5) is 0 Å². The van der Waals surface area contributed by atoms with E-state index in [2.05, 4.69) is 5.32 Å². The molecule has 24 heavy (non-hydrogen) atoms. The monoisotopic (exact) mass is 347 g/mol. The molecule has 0 radical (unpaired) electrons. The third-order valence-corrected chi connectivity index (χ3v) is 3.29. The van der Waals surface area contributed by atoms with Gasteiger partial charge in [-0.05, 0) is 30.2 Å². The molecule has 0 aliphatic rings. The lowest BCUT2D eigenvalue weighted by molar-refractivity contribution is -0.140. The highest BCUT2D eigenvalue weighted by Gasteiger charge is 2.18. The van der Waals surface area contributed by atoms with Gasteiger partial charge in [0.05, 0.1) is 23.5 Å². The highest BCUT2D eigenvalue weighted by atomic mass is 35.5. The normalized spacial score (nSPS) is 11.4. The molecule has 126 valence electrons. The summed E-state index contributed by atoms with van der Waals surface area (Å²) in [4.78, 5) is 24.6. The molecule has 0 bridgehead atoms. The number of rotatable bonds is 6. The van der Waals surface area contributed by atoms with Gasteiger partial charge in [0.15, 0.2) is 0 Å². The van der Waals surface area contributed by atoms with Gasteiger partial charge in [-0.1, -0.05) is 37.6 Å². The van der Waals surface area contributed by atoms with Crippen molar-refractivity contribution in [1.29, 1.82) is 0 Å². The number of furan rings is 1. The average molecular weight is 348 g/mol. The Morgan fingerprint density at radius 1 is 1.25 bits per heavy atom. The molecule has 0 atom stereocenters. The van der Waals surface area contributed by atoms with Crippen LogP contribution in [0, 0.1) is 5.92 Å². The van der Waals surface area contributed by atoms with Gasteiger partial charge in [0.2, 0.25) is 0 Å². The molecule has 0 saturated heterocycles. The predicted octanol–water partition coefficient (Wildman–Crippen LogP) is 3.90. The Hall–Kier alpha value is -2.53. The van der Waals surface area contributed by atoms with Crippen molar-refractivity contribution in [3.05, 3.63) is 64.7 Å². The quantitative estimate of drug-likeness (QED) is 0.635. The Kier molecular flexibility index (Phi) is 6.21. The van der Waals surface area contributed by atoms with Gasteiger partial charge in [0.25, 0.3) is 5.91 Å². The van der Waals surface area contributed by atoms with E-state index in [9.17, 15) is 9.59 Å². The number of hydrogen-bond donors (Lipinski definition) is 1. The molecule has 2 rings (SSSR count). The summed E-state index contributed by atoms with van der Waals surface area (Å²) in [5.74, 6) is -0.538. The van der Waals surface area contributed by atoms with Gasteiger partial charge in [-0.3, -0.25) is 4.79 Å². The second-order valence-corrected chi connectivity index (χ2v) is 5.91. The van der Waals surface area contributed by atoms with Gasteiger partial charge in [-0.15, -0.1) is 0 Å². The van der Waals surface area contributed by atoms with Crippen LogP contribution in [-0.2, 0) is 9.53 Å². The van der Waals surface area contributed by atoms with E-state index in [1.807, 2.05) is 13.8 Å². The van der Waals surface area contributed by atoms with Crippen LogP contribution < -0.4 is 5.32 Å². The number of amides is 1. The van der Waals surface area contributed by atoms with E-state index in [0.29, 0.717) is 10.8 Å². The third-order valence-electron chi connectivity index (χ3n) is 2.96. The summed E-state index contributed by atoms with van der Waals surface area (Å²) < 4.78 is 10.4. The van der Waals surface area contributed by atoms with Gasteiger partial charge in [-0.2, -0.15) is 0 Å². The molecular weight excluding hydrogens is 330 g/mol. The van der Waals surface area contributed by atoms with Crippen LogP contribution in [0.25, 0.3) is 6.08 Å². The molecular formula is C18H18ClNO4. The number of nitrogens with one attached hydrogen (secondary N) is 1. The number of carbonyl (C=O) groups excluding carboxylic acids is 2. The molecule has 5 nitrogen and oxygen atoms in total. The number of benzene rings is 1. The predicted molar refractivity (Wildman–Crippen MR) is 91.4 cm³/mol. The number of carbonyl (C=O) groups is 2. The standard InChI is InChI=1S/C18H18ClNO4/c1-12(2)11-24-18(22)16(10-13-6-5-9-23-13)20-17(21)14-7-3-4-8-15(14)19/h3-10,12H,11H2,1-2H3,(H,20,21)/b16-10-. The summed E-state index contributed by atoms with van der Waals surface area (Å²) in [5.41, 5.74) is 0.247. The van der Waals surface area contributed by atoms with Gasteiger partial charge < -0.3 is 14.5 Å². The Labute approximate surface area is 145 Å². The van der Waals surface area contributed by atoms with Crippen molar-refractivity contribution in [2.75, 3.05) is 6.61 Å². The molecule has 1 amide bonds. The summed E-state index contributed by atoms with van der Waals surface area (Å²) in [5, 5.41) is 2.83. The first-order valence-electron chi connectivity index (χ1n) is 7.45. The van der Waals surface area contributed by atoms with E-state index >= 15 is 0 Å². The lowest BCUT2D eigenvalue weighted by atomic mass is 10.2. The number of hydrogen-bond acceptors (Lipinski definition) is 4. The number of ether oxygens (including phenoxy) is 1. The van der Waals surface area contributed by atoms with Gasteiger partial charge in [-0.25, -0.2) is 4.79 Å². The van der Waals surface area contributed by atoms with E-state index in [1.165, 1.54) is 12.3 Å². The minimum atomic E-state index is -0.638. The van der Waals surface area contributed by atoms with Crippen LogP contribution in [0.1, 0.15) is 30.0 Å². The number of esters is 1. The van der Waals surface area contributed by atoms with Crippen LogP contribution in [0.3, 0.4) is 0 Å². The molecule has 2 aromatic rings. The Balaban J connectivity index is 2.21. The molecule has 0 aliphatic carbocycles. The van der Waals surface area contributed by atoms with E-state index in [1.54, 1.807) is 36.4 Å². The minimum absolute atomic E-state index is 0.0180. The van der Waals surface area contributed by atoms with Gasteiger partial charge in [0, 0.05) is 6.08 Å². The van der Waals surface area contributed by atoms with Crippen molar-refractivity contribution in [2.24, 2.45) is 5.92 Å². The first-order valence-corrected chi connectivity index (χ1v) is 7.83. The van der Waals surface area contributed by atoms with Crippen LogP contribution in [0.5, 0.6) is 0 Å². The van der Waals surface area contributed by atoms with Crippen LogP contribution in [-0.4, -0.2) is 18.5 Å². The second-order valence-electron chi connectivity index (χ2n) is 5.50. The first kappa shape index (κ1) is 17.8. The van der Waals surface area contributed by atoms with Crippen molar-refractivity contribution in [3.63, 3.8) is 0 Å². The third kappa shape index (κ3) is 4.99. The highest BCUT2D eigenvalue weighted by Crippen LogP contribution is 2.16. The fraction of sp³-hybridized carbons (Fsp3) is 0.222. The summed E-state index contributed by atoms with van der Waals surface area (Å²) >= 11 is 6.01. The molecule has 6 heteroatoms. The van der Waals surface area contributed by atoms with Crippen molar-refractivity contribution in [1.82, 2.24) is 5.32 Å². The highest BCUT2D eigenvalue weighted by molar-refractivity contribution is 6.34. The zero-order valence-corrected chi connectivity index (χ0v) is 14.2. The Morgan fingerprint density at radius 3 is 2.62 bits per heavy atom. The lowest BCUT2D eigenvalue weighted by Gasteiger charge is -2.12. The maximum Gasteiger partial charge on any atom is 0.354 e. The molecule has 1 aromatic carbocycles. The van der Waals surface area contributed by atoms with Crippen LogP contribution >= 0.6 is 11.6 Å². The van der Waals surface area contributed by atoms with Crippen molar-refractivity contribution >= 4 is 29.6 Å². The fourth-order valence-electron chi connectivity index (χ4n) is 1.82. The van der Waals surface area contributed by atoms with E-state index in [0.717, 1.165) is 0 Å². The van der Waals surface area contributed by atoms with Crippen LogP contribution in [0.15, 0.2) is 52.8 Å². The molecule has 0 fully saturated rings. The Morgan fingerprint density at radius 2 is 2.00 bits per heavy atom. The topological polar surface area (TPSA) is 68.5 Å². The molecule has 0 aliphatic heterocycles. The fourth-order valence-corrected chi connectivity index (χ4v) is 2.04. The second kappa shape index (κ2) is 8.36. The zero-order chi connectivity index (χ0) is 17.5. The minimum Gasteiger partial charge on any atom is -0.465 e. The van der Waals surface area contributed by atoms with E-state index < -0.39 is 11.9 Å². The van der Waals surface area contributed by atoms with Gasteiger partial charge >= 0.3 is 5.97 Å². The molecule has 0 unspecified atom stereocenters. The summed E-state index contributed by atoms with van der Waals surface area (Å²) in [6, 6.07) is 9.92. The maximum atomic E-state index is 12.4. The van der Waals surface area contributed by atoms with Crippen LogP contribution in [0.2, 0.25) is 5.02 Å². The van der Waals surface area contributed by atoms with Crippen molar-refractivity contribution in [3.8, 4) is 0 Å². The zero-order valence-electron chi connectivity index (χ0n) is 13.4. The van der Waals surface area contributed by atoms with Crippen molar-refractivity contribution < 1.29 is 18.7 Å². The van der Waals surface area contributed by atoms with Gasteiger partial charge in [0.1, 0.15) is 11.5 Å². The van der Waals surface area contributed by atoms with Crippen molar-refractivity contribution in [2.45, 2.75) is 13.8 Å². The van der Waals surface area contributed by atoms with E-state index in [-0.39, 0.29) is 23.8 Å². The molecule has 1 N–H and O–H groups in total.